The van der Waals surface area contributed by atoms with E-state index in [1.165, 1.54) is 6.08 Å². The van der Waals surface area contributed by atoms with Gasteiger partial charge in [0, 0.05) is 16.2 Å². The Bertz CT molecular complexity index is 777. The van der Waals surface area contributed by atoms with E-state index in [2.05, 4.69) is 21.2 Å². The highest BCUT2D eigenvalue weighted by Crippen LogP contribution is 2.38. The Morgan fingerprint density at radius 3 is 2.20 bits per heavy atom. The Morgan fingerprint density at radius 2 is 1.68 bits per heavy atom. The van der Waals surface area contributed by atoms with Crippen molar-refractivity contribution < 1.29 is 19.0 Å². The number of aryl methyl sites for hydroxylation is 1. The minimum atomic E-state index is -0.232. The highest BCUT2D eigenvalue weighted by molar-refractivity contribution is 9.10. The fourth-order valence-corrected chi connectivity index (χ4v) is 2.60. The first-order valence-corrected chi connectivity index (χ1v) is 8.33. The molecular weight excluding hydrogens is 386 g/mol. The monoisotopic (exact) mass is 405 g/mol. The molecule has 0 saturated heterocycles. The van der Waals surface area contributed by atoms with Crippen molar-refractivity contribution in [2.24, 2.45) is 0 Å². The first-order valence-electron chi connectivity index (χ1n) is 7.53. The largest absolute Gasteiger partial charge is 0.493 e. The fraction of sp³-hybridized carbons (Fsp3) is 0.211. The summed E-state index contributed by atoms with van der Waals surface area (Å²) in [5.74, 6) is 1.34. The van der Waals surface area contributed by atoms with Gasteiger partial charge in [0.15, 0.2) is 11.5 Å². The zero-order valence-corrected chi connectivity index (χ0v) is 16.1. The van der Waals surface area contributed by atoms with Gasteiger partial charge < -0.3 is 19.5 Å². The van der Waals surface area contributed by atoms with E-state index >= 15 is 0 Å². The zero-order valence-electron chi connectivity index (χ0n) is 14.6. The second-order valence-electron chi connectivity index (χ2n) is 5.25. The van der Waals surface area contributed by atoms with Gasteiger partial charge in [0.2, 0.25) is 11.7 Å². The first kappa shape index (κ1) is 18.9. The van der Waals surface area contributed by atoms with E-state index < -0.39 is 0 Å². The lowest BCUT2D eigenvalue weighted by Crippen LogP contribution is -2.07. The third kappa shape index (κ3) is 4.76. The van der Waals surface area contributed by atoms with E-state index in [0.29, 0.717) is 17.2 Å². The molecule has 0 unspecified atom stereocenters. The van der Waals surface area contributed by atoms with E-state index in [1.54, 1.807) is 39.5 Å². The van der Waals surface area contributed by atoms with Crippen molar-refractivity contribution >= 4 is 33.6 Å². The van der Waals surface area contributed by atoms with Crippen LogP contribution in [0, 0.1) is 6.92 Å². The molecule has 1 N–H and O–H groups in total. The van der Waals surface area contributed by atoms with Crippen molar-refractivity contribution in [2.45, 2.75) is 6.92 Å². The molecule has 0 spiro atoms. The summed E-state index contributed by atoms with van der Waals surface area (Å²) in [6, 6.07) is 9.19. The van der Waals surface area contributed by atoms with E-state index in [9.17, 15) is 4.79 Å². The molecule has 0 aromatic heterocycles. The summed E-state index contributed by atoms with van der Waals surface area (Å²) in [7, 11) is 4.64. The summed E-state index contributed by atoms with van der Waals surface area (Å²) in [5.41, 5.74) is 2.58. The van der Waals surface area contributed by atoms with E-state index in [1.807, 2.05) is 25.1 Å². The summed E-state index contributed by atoms with van der Waals surface area (Å²) in [4.78, 5) is 12.1. The Balaban J connectivity index is 2.17. The Kier molecular flexibility index (Phi) is 6.47. The molecule has 0 radical (unpaired) electrons. The predicted molar refractivity (Wildman–Crippen MR) is 103 cm³/mol. The Labute approximate surface area is 155 Å². The summed E-state index contributed by atoms with van der Waals surface area (Å²) in [6.07, 6.45) is 3.14. The van der Waals surface area contributed by atoms with Crippen LogP contribution in [0.15, 0.2) is 40.9 Å². The number of carbonyl (C=O) groups excluding carboxylic acids is 1. The van der Waals surface area contributed by atoms with Crippen LogP contribution in [0.5, 0.6) is 17.2 Å². The molecule has 2 aromatic carbocycles. The van der Waals surface area contributed by atoms with Crippen LogP contribution in [-0.4, -0.2) is 27.2 Å². The minimum absolute atomic E-state index is 0.232. The number of hydrogen-bond donors (Lipinski definition) is 1. The minimum Gasteiger partial charge on any atom is -0.493 e. The summed E-state index contributed by atoms with van der Waals surface area (Å²) < 4.78 is 16.8. The SMILES string of the molecule is COc1cc(/C=C/C(=O)Nc2ccc(C)c(Br)c2)cc(OC)c1OC. The van der Waals surface area contributed by atoms with Crippen molar-refractivity contribution in [3.05, 3.63) is 52.0 Å². The van der Waals surface area contributed by atoms with Crippen molar-refractivity contribution in [3.8, 4) is 17.2 Å². The number of hydrogen-bond acceptors (Lipinski definition) is 4. The smallest absolute Gasteiger partial charge is 0.248 e. The van der Waals surface area contributed by atoms with Crippen LogP contribution in [-0.2, 0) is 4.79 Å². The van der Waals surface area contributed by atoms with Crippen molar-refractivity contribution in [1.82, 2.24) is 0 Å². The third-order valence-electron chi connectivity index (χ3n) is 3.55. The van der Waals surface area contributed by atoms with Gasteiger partial charge in [-0.25, -0.2) is 0 Å². The molecule has 0 saturated carbocycles. The van der Waals surface area contributed by atoms with Crippen molar-refractivity contribution in [1.29, 1.82) is 0 Å². The van der Waals surface area contributed by atoms with Crippen molar-refractivity contribution in [2.75, 3.05) is 26.6 Å². The first-order chi connectivity index (χ1) is 12.0. The van der Waals surface area contributed by atoms with Gasteiger partial charge in [-0.15, -0.1) is 0 Å². The Morgan fingerprint density at radius 1 is 1.04 bits per heavy atom. The average molecular weight is 406 g/mol. The second kappa shape index (κ2) is 8.58. The quantitative estimate of drug-likeness (QED) is 0.721. The summed E-state index contributed by atoms with van der Waals surface area (Å²) in [5, 5.41) is 2.82. The van der Waals surface area contributed by atoms with Gasteiger partial charge >= 0.3 is 0 Å². The molecule has 2 rings (SSSR count). The maximum Gasteiger partial charge on any atom is 0.248 e. The number of amides is 1. The fourth-order valence-electron chi connectivity index (χ4n) is 2.22. The highest BCUT2D eigenvalue weighted by atomic mass is 79.9. The van der Waals surface area contributed by atoms with Crippen LogP contribution >= 0.6 is 15.9 Å². The molecule has 5 nitrogen and oxygen atoms in total. The summed E-state index contributed by atoms with van der Waals surface area (Å²) >= 11 is 3.45. The predicted octanol–water partition coefficient (Wildman–Crippen LogP) is 4.44. The molecule has 0 aliphatic carbocycles. The number of ether oxygens (including phenoxy) is 3. The molecule has 0 atom stereocenters. The lowest BCUT2D eigenvalue weighted by Gasteiger charge is -2.12. The molecule has 1 amide bonds. The maximum absolute atomic E-state index is 12.1. The lowest BCUT2D eigenvalue weighted by molar-refractivity contribution is -0.111. The molecule has 0 heterocycles. The number of nitrogens with one attached hydrogen (secondary N) is 1. The van der Waals surface area contributed by atoms with Gasteiger partial charge in [-0.05, 0) is 48.4 Å². The summed E-state index contributed by atoms with van der Waals surface area (Å²) in [6.45, 7) is 1.99. The van der Waals surface area contributed by atoms with Gasteiger partial charge in [0.1, 0.15) is 0 Å². The number of anilines is 1. The average Bonchev–Trinajstić information content (AvgIpc) is 2.62. The number of methoxy groups -OCH3 is 3. The highest BCUT2D eigenvalue weighted by Gasteiger charge is 2.12. The van der Waals surface area contributed by atoms with Crippen LogP contribution in [0.25, 0.3) is 6.08 Å². The molecule has 0 fully saturated rings. The molecule has 132 valence electrons. The zero-order chi connectivity index (χ0) is 18.4. The molecule has 0 aliphatic rings. The van der Waals surface area contributed by atoms with Crippen LogP contribution in [0.3, 0.4) is 0 Å². The normalized spacial score (nSPS) is 10.6. The number of benzene rings is 2. The van der Waals surface area contributed by atoms with E-state index in [-0.39, 0.29) is 5.91 Å². The molecule has 0 bridgehead atoms. The standard InChI is InChI=1S/C19H20BrNO4/c1-12-5-7-14(11-15(12)20)21-18(22)8-6-13-9-16(23-2)19(25-4)17(10-13)24-3/h5-11H,1-4H3,(H,21,22)/b8-6+. The van der Waals surface area contributed by atoms with E-state index in [0.717, 1.165) is 21.3 Å². The van der Waals surface area contributed by atoms with Crippen LogP contribution in [0.4, 0.5) is 5.69 Å². The third-order valence-corrected chi connectivity index (χ3v) is 4.41. The lowest BCUT2D eigenvalue weighted by atomic mass is 10.1. The van der Waals surface area contributed by atoms with Gasteiger partial charge in [0.05, 0.1) is 21.3 Å². The van der Waals surface area contributed by atoms with Gasteiger partial charge in [-0.3, -0.25) is 4.79 Å². The Hall–Kier alpha value is -2.47. The van der Waals surface area contributed by atoms with Crippen LogP contribution < -0.4 is 19.5 Å². The number of rotatable bonds is 6. The maximum atomic E-state index is 12.1. The van der Waals surface area contributed by atoms with Gasteiger partial charge in [-0.2, -0.15) is 0 Å². The van der Waals surface area contributed by atoms with Gasteiger partial charge in [0.25, 0.3) is 0 Å². The number of halogens is 1. The van der Waals surface area contributed by atoms with Crippen LogP contribution in [0.1, 0.15) is 11.1 Å². The molecular formula is C19H20BrNO4. The topological polar surface area (TPSA) is 56.8 Å². The van der Waals surface area contributed by atoms with E-state index in [4.69, 9.17) is 14.2 Å². The molecule has 0 aliphatic heterocycles. The van der Waals surface area contributed by atoms with Crippen molar-refractivity contribution in [3.63, 3.8) is 0 Å². The molecule has 6 heteroatoms. The molecule has 2 aromatic rings. The molecule has 25 heavy (non-hydrogen) atoms. The second-order valence-corrected chi connectivity index (χ2v) is 6.10. The van der Waals surface area contributed by atoms with Crippen LogP contribution in [0.2, 0.25) is 0 Å². The van der Waals surface area contributed by atoms with Gasteiger partial charge in [-0.1, -0.05) is 22.0 Å². The number of carbonyl (C=O) groups is 1.